The lowest BCUT2D eigenvalue weighted by molar-refractivity contribution is -0.150. The summed E-state index contributed by atoms with van der Waals surface area (Å²) in [7, 11) is 0. The van der Waals surface area contributed by atoms with Gasteiger partial charge in [-0.3, -0.25) is 28.8 Å². The Morgan fingerprint density at radius 1 is 0.656 bits per heavy atom. The molecule has 0 rings (SSSR count). The zero-order valence-corrected chi connectivity index (χ0v) is 17.1. The number of ketones is 2. The molecule has 10 N–H and O–H groups in total. The van der Waals surface area contributed by atoms with Gasteiger partial charge in [-0.2, -0.15) is 0 Å². The topological polar surface area (TPSA) is 310 Å². The van der Waals surface area contributed by atoms with E-state index in [9.17, 15) is 38.4 Å². The summed E-state index contributed by atoms with van der Waals surface area (Å²) in [6.07, 6.45) is -1.09. The number of carboxylic acid groups (broad SMARTS) is 6. The number of carboxylic acids is 6. The summed E-state index contributed by atoms with van der Waals surface area (Å²) in [4.78, 5) is 78.1. The van der Waals surface area contributed by atoms with Gasteiger partial charge in [0, 0.05) is 19.8 Å². The van der Waals surface area contributed by atoms with Crippen LogP contribution >= 0.6 is 0 Å². The molecule has 2 unspecified atom stereocenters. The van der Waals surface area contributed by atoms with Gasteiger partial charge in [-0.05, 0) is 13.3 Å². The van der Waals surface area contributed by atoms with E-state index in [0.717, 1.165) is 6.92 Å². The third-order valence-electron chi connectivity index (χ3n) is 2.48. The molecule has 2 atom stereocenters. The number of carbonyl (C=O) groups is 8. The van der Waals surface area contributed by atoms with Gasteiger partial charge < -0.3 is 42.1 Å². The molecule has 0 aromatic heterocycles. The highest BCUT2D eigenvalue weighted by atomic mass is 16.4. The zero-order chi connectivity index (χ0) is 26.6. The van der Waals surface area contributed by atoms with Gasteiger partial charge in [-0.1, -0.05) is 0 Å². The first kappa shape index (κ1) is 35.5. The summed E-state index contributed by atoms with van der Waals surface area (Å²) < 4.78 is 0. The van der Waals surface area contributed by atoms with Crippen LogP contribution in [0.1, 0.15) is 39.5 Å². The van der Waals surface area contributed by atoms with E-state index in [1.165, 1.54) is 6.92 Å². The van der Waals surface area contributed by atoms with Gasteiger partial charge in [0.15, 0.2) is 0 Å². The van der Waals surface area contributed by atoms with Crippen LogP contribution < -0.4 is 11.5 Å². The van der Waals surface area contributed by atoms with Crippen molar-refractivity contribution in [1.82, 2.24) is 0 Å². The monoisotopic (exact) mass is 470 g/mol. The normalized spacial score (nSPS) is 10.6. The number of hydrogen-bond acceptors (Lipinski definition) is 10. The zero-order valence-electron chi connectivity index (χ0n) is 17.1. The number of hydrogen-bond donors (Lipinski definition) is 8. The Morgan fingerprint density at radius 3 is 1.19 bits per heavy atom. The molecule has 0 aliphatic rings. The van der Waals surface area contributed by atoms with Crippen LogP contribution in [-0.2, 0) is 38.4 Å². The first-order valence-electron chi connectivity index (χ1n) is 8.26. The van der Waals surface area contributed by atoms with Gasteiger partial charge in [0.25, 0.3) is 0 Å². The van der Waals surface area contributed by atoms with E-state index in [1.54, 1.807) is 0 Å². The van der Waals surface area contributed by atoms with Crippen molar-refractivity contribution >= 4 is 47.4 Å². The van der Waals surface area contributed by atoms with E-state index in [4.69, 9.17) is 42.1 Å². The second-order valence-electron chi connectivity index (χ2n) is 5.49. The van der Waals surface area contributed by atoms with Crippen LogP contribution in [0.3, 0.4) is 0 Å². The molecule has 0 aliphatic heterocycles. The average Bonchev–Trinajstić information content (AvgIpc) is 2.64. The Kier molecular flexibility index (Phi) is 22.6. The lowest BCUT2D eigenvalue weighted by atomic mass is 10.2. The molecule has 0 radical (unpaired) electrons. The van der Waals surface area contributed by atoms with Crippen molar-refractivity contribution in [3.63, 3.8) is 0 Å². The maximum Gasteiger partial charge on any atom is 0.372 e. The summed E-state index contributed by atoms with van der Waals surface area (Å²) in [5.74, 6) is -9.18. The first-order chi connectivity index (χ1) is 14.4. The molecule has 0 fully saturated rings. The van der Waals surface area contributed by atoms with E-state index < -0.39 is 72.3 Å². The number of carbonyl (C=O) groups excluding carboxylic acids is 2. The molecule has 0 amide bonds. The van der Waals surface area contributed by atoms with E-state index in [-0.39, 0.29) is 12.8 Å². The van der Waals surface area contributed by atoms with Crippen molar-refractivity contribution < 1.29 is 69.0 Å². The summed E-state index contributed by atoms with van der Waals surface area (Å²) in [6.45, 7) is 2.42. The minimum atomic E-state index is -1.58. The molecule has 0 saturated heterocycles. The summed E-state index contributed by atoms with van der Waals surface area (Å²) in [6, 6.07) is -1.79. The van der Waals surface area contributed by atoms with E-state index in [0.29, 0.717) is 0 Å². The van der Waals surface area contributed by atoms with E-state index >= 15 is 0 Å². The number of aliphatic carboxylic acids is 6. The van der Waals surface area contributed by atoms with Crippen LogP contribution in [-0.4, -0.2) is 90.1 Å². The van der Waals surface area contributed by atoms with Crippen molar-refractivity contribution in [1.29, 1.82) is 0 Å². The molecule has 0 aromatic rings. The molecule has 16 nitrogen and oxygen atoms in total. The molecule has 0 spiro atoms. The minimum absolute atomic E-state index is 0.0231. The van der Waals surface area contributed by atoms with Gasteiger partial charge in [-0.15, -0.1) is 0 Å². The van der Waals surface area contributed by atoms with Gasteiger partial charge in [0.2, 0.25) is 11.6 Å². The Balaban J connectivity index is -0.000000168. The summed E-state index contributed by atoms with van der Waals surface area (Å²) in [5.41, 5.74) is 9.84. The van der Waals surface area contributed by atoms with Crippen molar-refractivity contribution in [2.75, 3.05) is 0 Å². The fourth-order valence-corrected chi connectivity index (χ4v) is 0.730. The van der Waals surface area contributed by atoms with E-state index in [2.05, 4.69) is 0 Å². The van der Waals surface area contributed by atoms with Crippen LogP contribution in [0.5, 0.6) is 0 Å². The molecule has 0 aliphatic carbocycles. The molecule has 16 heteroatoms. The molecule has 32 heavy (non-hydrogen) atoms. The van der Waals surface area contributed by atoms with Crippen molar-refractivity contribution in [2.24, 2.45) is 11.5 Å². The Bertz CT molecular complexity index is 674. The highest BCUT2D eigenvalue weighted by Crippen LogP contribution is 1.93. The van der Waals surface area contributed by atoms with Crippen molar-refractivity contribution in [2.45, 2.75) is 51.6 Å². The fourth-order valence-electron chi connectivity index (χ4n) is 0.730. The lowest BCUT2D eigenvalue weighted by Crippen LogP contribution is -2.30. The van der Waals surface area contributed by atoms with Crippen LogP contribution in [0.15, 0.2) is 0 Å². The van der Waals surface area contributed by atoms with Crippen LogP contribution in [0.4, 0.5) is 0 Å². The van der Waals surface area contributed by atoms with Crippen LogP contribution in [0.25, 0.3) is 0 Å². The van der Waals surface area contributed by atoms with Gasteiger partial charge >= 0.3 is 35.8 Å². The first-order valence-corrected chi connectivity index (χ1v) is 8.26. The second kappa shape index (κ2) is 20.4. The molecule has 0 saturated carbocycles. The van der Waals surface area contributed by atoms with Crippen LogP contribution in [0.2, 0.25) is 0 Å². The minimum Gasteiger partial charge on any atom is -0.481 e. The molecule has 0 bridgehead atoms. The molecular formula is C16H26N2O14. The van der Waals surface area contributed by atoms with Crippen LogP contribution in [0, 0.1) is 0 Å². The lowest BCUT2D eigenvalue weighted by Gasteiger charge is -2.01. The van der Waals surface area contributed by atoms with Gasteiger partial charge in [-0.25, -0.2) is 9.59 Å². The smallest absolute Gasteiger partial charge is 0.372 e. The Morgan fingerprint density at radius 2 is 1.00 bits per heavy atom. The average molecular weight is 470 g/mol. The Labute approximate surface area is 180 Å². The van der Waals surface area contributed by atoms with Crippen molar-refractivity contribution in [3.05, 3.63) is 0 Å². The van der Waals surface area contributed by atoms with Crippen molar-refractivity contribution in [3.8, 4) is 0 Å². The standard InChI is InChI=1S/C5H9NO4.C5H6O5.C3H7NO2.C3H4O3/c2*6-3(5(9)10)1-2-4(7)8;2*1-2(4)3(5)6/h3H,1-2,6H2,(H,7,8)(H,9,10);1-2H2,(H,7,8)(H,9,10);2H,4H2,1H3,(H,5,6);1H3,(H,5,6). The molecular weight excluding hydrogens is 444 g/mol. The fraction of sp³-hybridized carbons (Fsp3) is 0.500. The summed E-state index contributed by atoms with van der Waals surface area (Å²) >= 11 is 0. The predicted molar refractivity (Wildman–Crippen MR) is 102 cm³/mol. The number of Topliss-reactive ketones (excluding diaryl/α,β-unsaturated/α-hetero) is 2. The van der Waals surface area contributed by atoms with Gasteiger partial charge in [0.1, 0.15) is 12.1 Å². The van der Waals surface area contributed by atoms with E-state index in [1.807, 2.05) is 0 Å². The number of rotatable bonds is 10. The predicted octanol–water partition coefficient (Wildman–Crippen LogP) is -2.15. The molecule has 0 aromatic carbocycles. The highest BCUT2D eigenvalue weighted by Gasteiger charge is 2.12. The maximum absolute atomic E-state index is 10.2. The van der Waals surface area contributed by atoms with Gasteiger partial charge in [0.05, 0.1) is 6.42 Å². The Hall–Kier alpha value is -3.92. The molecule has 0 heterocycles. The second-order valence-corrected chi connectivity index (χ2v) is 5.49. The largest absolute Gasteiger partial charge is 0.481 e. The third-order valence-corrected chi connectivity index (χ3v) is 2.48. The highest BCUT2D eigenvalue weighted by molar-refractivity contribution is 6.32. The summed E-state index contributed by atoms with van der Waals surface area (Å²) in [5, 5.41) is 47.7. The SMILES string of the molecule is CC(=O)C(=O)O.CC(N)C(=O)O.NC(CCC(=O)O)C(=O)O.O=C(O)CCC(=O)C(=O)O. The maximum atomic E-state index is 10.2. The quantitative estimate of drug-likeness (QED) is 0.158. The molecule has 184 valence electrons. The third kappa shape index (κ3) is 33.6. The number of nitrogens with two attached hydrogens (primary N) is 2.